The zero-order valence-electron chi connectivity index (χ0n) is 12.2. The molecule has 112 valence electrons. The Bertz CT molecular complexity index is 557. The predicted octanol–water partition coefficient (Wildman–Crippen LogP) is 3.26. The van der Waals surface area contributed by atoms with E-state index >= 15 is 0 Å². The molecule has 0 saturated carbocycles. The van der Waals surface area contributed by atoms with E-state index in [9.17, 15) is 4.39 Å². The predicted molar refractivity (Wildman–Crippen MR) is 85.1 cm³/mol. The van der Waals surface area contributed by atoms with E-state index in [2.05, 4.69) is 17.1 Å². The number of likely N-dealkylation sites (N-methyl/N-ethyl adjacent to an activating group) is 1. The summed E-state index contributed by atoms with van der Waals surface area (Å²) in [5.74, 6) is -0.193. The van der Waals surface area contributed by atoms with Crippen molar-refractivity contribution in [1.29, 1.82) is 0 Å². The Morgan fingerprint density at radius 3 is 2.43 bits per heavy atom. The molecule has 2 rings (SSSR count). The number of nitrogens with one attached hydrogen (secondary N) is 1. The van der Waals surface area contributed by atoms with Crippen LogP contribution in [0, 0.1) is 5.82 Å². The lowest BCUT2D eigenvalue weighted by molar-refractivity contribution is 0.302. The van der Waals surface area contributed by atoms with Gasteiger partial charge in [-0.25, -0.2) is 4.39 Å². The summed E-state index contributed by atoms with van der Waals surface area (Å²) in [7, 11) is 0. The second-order valence-electron chi connectivity index (χ2n) is 4.80. The first-order valence-electron chi connectivity index (χ1n) is 7.17. The van der Waals surface area contributed by atoms with Crippen molar-refractivity contribution in [2.45, 2.75) is 13.5 Å². The van der Waals surface area contributed by atoms with Crippen molar-refractivity contribution in [3.63, 3.8) is 0 Å². The summed E-state index contributed by atoms with van der Waals surface area (Å²) in [5.41, 5.74) is 2.67. The van der Waals surface area contributed by atoms with Crippen molar-refractivity contribution in [3.05, 3.63) is 59.9 Å². The normalized spacial score (nSPS) is 10.4. The summed E-state index contributed by atoms with van der Waals surface area (Å²) in [6.07, 6.45) is 0. The Morgan fingerprint density at radius 2 is 1.81 bits per heavy atom. The molecule has 0 aliphatic carbocycles. The molecule has 0 radical (unpaired) electrons. The highest BCUT2D eigenvalue weighted by molar-refractivity contribution is 5.55. The molecule has 0 atom stereocenters. The van der Waals surface area contributed by atoms with Gasteiger partial charge < -0.3 is 15.3 Å². The SMILES string of the molecule is CCN(CCO)c1ccc(NCc2ccccc2F)cc1. The van der Waals surface area contributed by atoms with Gasteiger partial charge in [-0.3, -0.25) is 0 Å². The molecule has 0 fully saturated rings. The Kier molecular flexibility index (Phi) is 5.58. The van der Waals surface area contributed by atoms with Gasteiger partial charge in [-0.1, -0.05) is 18.2 Å². The Balaban J connectivity index is 1.98. The van der Waals surface area contributed by atoms with E-state index in [0.29, 0.717) is 18.7 Å². The van der Waals surface area contributed by atoms with Crippen LogP contribution in [0.5, 0.6) is 0 Å². The van der Waals surface area contributed by atoms with Gasteiger partial charge in [0.15, 0.2) is 0 Å². The third-order valence-corrected chi connectivity index (χ3v) is 3.42. The van der Waals surface area contributed by atoms with Crippen LogP contribution in [0.2, 0.25) is 0 Å². The van der Waals surface area contributed by atoms with E-state index in [0.717, 1.165) is 17.9 Å². The number of aliphatic hydroxyl groups is 1. The van der Waals surface area contributed by atoms with Crippen molar-refractivity contribution in [1.82, 2.24) is 0 Å². The number of aliphatic hydroxyl groups excluding tert-OH is 1. The van der Waals surface area contributed by atoms with Crippen LogP contribution in [0.1, 0.15) is 12.5 Å². The molecular weight excluding hydrogens is 267 g/mol. The fourth-order valence-corrected chi connectivity index (χ4v) is 2.22. The number of hydrogen-bond donors (Lipinski definition) is 2. The van der Waals surface area contributed by atoms with Crippen molar-refractivity contribution in [2.75, 3.05) is 29.9 Å². The average Bonchev–Trinajstić information content (AvgIpc) is 2.52. The van der Waals surface area contributed by atoms with Crippen molar-refractivity contribution >= 4 is 11.4 Å². The second kappa shape index (κ2) is 7.64. The van der Waals surface area contributed by atoms with Gasteiger partial charge in [0.25, 0.3) is 0 Å². The molecular formula is C17H21FN2O. The number of benzene rings is 2. The zero-order valence-corrected chi connectivity index (χ0v) is 12.2. The summed E-state index contributed by atoms with van der Waals surface area (Å²) in [5, 5.41) is 12.2. The average molecular weight is 288 g/mol. The smallest absolute Gasteiger partial charge is 0.128 e. The van der Waals surface area contributed by atoms with Crippen molar-refractivity contribution in [3.8, 4) is 0 Å². The van der Waals surface area contributed by atoms with Crippen LogP contribution >= 0.6 is 0 Å². The monoisotopic (exact) mass is 288 g/mol. The number of hydrogen-bond acceptors (Lipinski definition) is 3. The highest BCUT2D eigenvalue weighted by Crippen LogP contribution is 2.18. The zero-order chi connectivity index (χ0) is 15.1. The molecule has 0 aliphatic heterocycles. The van der Waals surface area contributed by atoms with Gasteiger partial charge in [0, 0.05) is 36.6 Å². The molecule has 0 unspecified atom stereocenters. The molecule has 4 heteroatoms. The molecule has 21 heavy (non-hydrogen) atoms. The fourth-order valence-electron chi connectivity index (χ4n) is 2.22. The van der Waals surface area contributed by atoms with E-state index in [-0.39, 0.29) is 12.4 Å². The number of anilines is 2. The molecule has 0 spiro atoms. The van der Waals surface area contributed by atoms with Crippen LogP contribution in [0.25, 0.3) is 0 Å². The number of nitrogens with zero attached hydrogens (tertiary/aromatic N) is 1. The second-order valence-corrected chi connectivity index (χ2v) is 4.80. The Labute approximate surface area is 125 Å². The van der Waals surface area contributed by atoms with Gasteiger partial charge in [-0.05, 0) is 37.3 Å². The lowest BCUT2D eigenvalue weighted by atomic mass is 10.2. The van der Waals surface area contributed by atoms with Gasteiger partial charge in [0.2, 0.25) is 0 Å². The van der Waals surface area contributed by atoms with Gasteiger partial charge in [0.1, 0.15) is 5.82 Å². The van der Waals surface area contributed by atoms with Crippen molar-refractivity contribution in [2.24, 2.45) is 0 Å². The molecule has 0 heterocycles. The van der Waals surface area contributed by atoms with E-state index in [1.807, 2.05) is 30.3 Å². The van der Waals surface area contributed by atoms with Gasteiger partial charge >= 0.3 is 0 Å². The lowest BCUT2D eigenvalue weighted by Gasteiger charge is -2.22. The van der Waals surface area contributed by atoms with Gasteiger partial charge in [-0.2, -0.15) is 0 Å². The summed E-state index contributed by atoms with van der Waals surface area (Å²) in [6, 6.07) is 14.7. The van der Waals surface area contributed by atoms with Crippen LogP contribution in [-0.4, -0.2) is 24.8 Å². The summed E-state index contributed by atoms with van der Waals surface area (Å²) in [4.78, 5) is 2.10. The van der Waals surface area contributed by atoms with Crippen molar-refractivity contribution < 1.29 is 9.50 Å². The molecule has 0 saturated heterocycles. The molecule has 3 nitrogen and oxygen atoms in total. The van der Waals surface area contributed by atoms with Gasteiger partial charge in [0.05, 0.1) is 6.61 Å². The molecule has 2 aromatic carbocycles. The third-order valence-electron chi connectivity index (χ3n) is 3.42. The maximum Gasteiger partial charge on any atom is 0.128 e. The van der Waals surface area contributed by atoms with E-state index in [1.54, 1.807) is 12.1 Å². The standard InChI is InChI=1S/C17H21FN2O/c1-2-20(11-12-21)16-9-7-15(8-10-16)19-13-14-5-3-4-6-17(14)18/h3-10,19,21H,2,11-13H2,1H3. The first-order chi connectivity index (χ1) is 10.2. The minimum atomic E-state index is -0.193. The molecule has 2 N–H and O–H groups in total. The van der Waals surface area contributed by atoms with E-state index < -0.39 is 0 Å². The third kappa shape index (κ3) is 4.20. The first kappa shape index (κ1) is 15.3. The molecule has 0 aromatic heterocycles. The number of halogens is 1. The number of rotatable bonds is 7. The lowest BCUT2D eigenvalue weighted by Crippen LogP contribution is -2.25. The summed E-state index contributed by atoms with van der Waals surface area (Å²) in [6.45, 7) is 4.13. The van der Waals surface area contributed by atoms with E-state index in [1.165, 1.54) is 6.07 Å². The Morgan fingerprint density at radius 1 is 1.10 bits per heavy atom. The maximum atomic E-state index is 13.5. The van der Waals surface area contributed by atoms with Crippen LogP contribution in [-0.2, 0) is 6.54 Å². The Hall–Kier alpha value is -2.07. The first-order valence-corrected chi connectivity index (χ1v) is 7.17. The minimum absolute atomic E-state index is 0.140. The van der Waals surface area contributed by atoms with Crippen LogP contribution in [0.4, 0.5) is 15.8 Å². The highest BCUT2D eigenvalue weighted by Gasteiger charge is 2.04. The summed E-state index contributed by atoms with van der Waals surface area (Å²) >= 11 is 0. The topological polar surface area (TPSA) is 35.5 Å². The molecule has 0 aliphatic rings. The van der Waals surface area contributed by atoms with Crippen LogP contribution in [0.3, 0.4) is 0 Å². The van der Waals surface area contributed by atoms with E-state index in [4.69, 9.17) is 5.11 Å². The molecule has 0 bridgehead atoms. The van der Waals surface area contributed by atoms with Crippen LogP contribution in [0.15, 0.2) is 48.5 Å². The molecule has 2 aromatic rings. The quantitative estimate of drug-likeness (QED) is 0.821. The minimum Gasteiger partial charge on any atom is -0.395 e. The highest BCUT2D eigenvalue weighted by atomic mass is 19.1. The molecule has 0 amide bonds. The largest absolute Gasteiger partial charge is 0.395 e. The fraction of sp³-hybridized carbons (Fsp3) is 0.294. The summed E-state index contributed by atoms with van der Waals surface area (Å²) < 4.78 is 13.5. The van der Waals surface area contributed by atoms with Crippen LogP contribution < -0.4 is 10.2 Å². The maximum absolute atomic E-state index is 13.5. The van der Waals surface area contributed by atoms with Gasteiger partial charge in [-0.15, -0.1) is 0 Å².